The predicted octanol–water partition coefficient (Wildman–Crippen LogP) is 5.10. The van der Waals surface area contributed by atoms with Crippen molar-refractivity contribution in [1.82, 2.24) is 4.90 Å². The molecular formula is C20H23NO3. The zero-order chi connectivity index (χ0) is 16.8. The number of hydrogen-bond acceptors (Lipinski definition) is 3. The van der Waals surface area contributed by atoms with Gasteiger partial charge in [-0.15, -0.1) is 0 Å². The molecule has 0 aromatic heterocycles. The van der Waals surface area contributed by atoms with Crippen LogP contribution >= 0.6 is 0 Å². The van der Waals surface area contributed by atoms with Crippen molar-refractivity contribution in [3.05, 3.63) is 54.6 Å². The summed E-state index contributed by atoms with van der Waals surface area (Å²) in [7, 11) is 0. The Hall–Kier alpha value is -2.49. The second-order valence-electron chi connectivity index (χ2n) is 6.09. The molecule has 4 heteroatoms. The molecule has 2 aromatic carbocycles. The first-order valence-electron chi connectivity index (χ1n) is 8.54. The first kappa shape index (κ1) is 16.4. The van der Waals surface area contributed by atoms with Crippen LogP contribution < -0.4 is 9.47 Å². The molecule has 0 spiro atoms. The number of ether oxygens (including phenoxy) is 2. The van der Waals surface area contributed by atoms with Crippen LogP contribution in [0.3, 0.4) is 0 Å². The third kappa shape index (κ3) is 4.28. The van der Waals surface area contributed by atoms with Gasteiger partial charge in [-0.2, -0.15) is 0 Å². The quantitative estimate of drug-likeness (QED) is 0.785. The largest absolute Gasteiger partial charge is 0.457 e. The minimum atomic E-state index is -0.263. The molecule has 0 N–H and O–H groups in total. The van der Waals surface area contributed by atoms with E-state index in [0.29, 0.717) is 11.5 Å². The third-order valence-electron chi connectivity index (χ3n) is 4.46. The molecule has 2 aromatic rings. The Labute approximate surface area is 143 Å². The van der Waals surface area contributed by atoms with E-state index in [0.717, 1.165) is 37.6 Å². The number of benzene rings is 2. The van der Waals surface area contributed by atoms with Crippen molar-refractivity contribution in [3.63, 3.8) is 0 Å². The molecule has 4 nitrogen and oxygen atoms in total. The van der Waals surface area contributed by atoms with E-state index in [-0.39, 0.29) is 6.09 Å². The third-order valence-corrected chi connectivity index (χ3v) is 4.46. The normalized spacial score (nSPS) is 15.1. The number of nitrogens with zero attached hydrogens (tertiary/aromatic N) is 1. The molecule has 1 saturated heterocycles. The monoisotopic (exact) mass is 325 g/mol. The molecule has 3 rings (SSSR count). The number of likely N-dealkylation sites (tertiary alicyclic amines) is 1. The predicted molar refractivity (Wildman–Crippen MR) is 93.6 cm³/mol. The Balaban J connectivity index is 1.53. The zero-order valence-corrected chi connectivity index (χ0v) is 14.0. The van der Waals surface area contributed by atoms with Crippen molar-refractivity contribution in [3.8, 4) is 17.2 Å². The number of hydrogen-bond donors (Lipinski definition) is 0. The van der Waals surface area contributed by atoms with Crippen LogP contribution in [0.25, 0.3) is 0 Å². The van der Waals surface area contributed by atoms with Gasteiger partial charge in [0.05, 0.1) is 0 Å². The van der Waals surface area contributed by atoms with Crippen molar-refractivity contribution in [2.75, 3.05) is 13.1 Å². The minimum Gasteiger partial charge on any atom is -0.457 e. The molecule has 1 aliphatic heterocycles. The topological polar surface area (TPSA) is 38.8 Å². The van der Waals surface area contributed by atoms with Crippen LogP contribution in [-0.2, 0) is 0 Å². The van der Waals surface area contributed by atoms with Crippen molar-refractivity contribution < 1.29 is 14.3 Å². The molecular weight excluding hydrogens is 302 g/mol. The van der Waals surface area contributed by atoms with Crippen LogP contribution in [0.4, 0.5) is 4.79 Å². The maximum atomic E-state index is 12.2. The van der Waals surface area contributed by atoms with Crippen molar-refractivity contribution in [2.45, 2.75) is 26.2 Å². The summed E-state index contributed by atoms with van der Waals surface area (Å²) >= 11 is 0. The van der Waals surface area contributed by atoms with Gasteiger partial charge in [0.1, 0.15) is 17.2 Å². The minimum absolute atomic E-state index is 0.263. The number of amides is 1. The lowest BCUT2D eigenvalue weighted by molar-refractivity contribution is 0.130. The van der Waals surface area contributed by atoms with E-state index in [1.54, 1.807) is 29.2 Å². The summed E-state index contributed by atoms with van der Waals surface area (Å²) in [5.74, 6) is 2.77. The molecule has 0 atom stereocenters. The second-order valence-corrected chi connectivity index (χ2v) is 6.09. The van der Waals surface area contributed by atoms with Crippen molar-refractivity contribution in [1.29, 1.82) is 0 Å². The fourth-order valence-corrected chi connectivity index (χ4v) is 2.89. The van der Waals surface area contributed by atoms with E-state index in [9.17, 15) is 4.79 Å². The number of piperidine rings is 1. The highest BCUT2D eigenvalue weighted by atomic mass is 16.6. The molecule has 0 unspecified atom stereocenters. The lowest BCUT2D eigenvalue weighted by atomic mass is 9.95. The Bertz CT molecular complexity index is 646. The molecule has 0 bridgehead atoms. The van der Waals surface area contributed by atoms with Gasteiger partial charge in [0, 0.05) is 13.1 Å². The average Bonchev–Trinajstić information content (AvgIpc) is 2.64. The maximum absolute atomic E-state index is 12.2. The van der Waals surface area contributed by atoms with Gasteiger partial charge >= 0.3 is 6.09 Å². The molecule has 126 valence electrons. The maximum Gasteiger partial charge on any atom is 0.415 e. The second kappa shape index (κ2) is 7.86. The Kier molecular flexibility index (Phi) is 5.36. The summed E-state index contributed by atoms with van der Waals surface area (Å²) in [6.07, 6.45) is 3.05. The fourth-order valence-electron chi connectivity index (χ4n) is 2.89. The van der Waals surface area contributed by atoms with Crippen molar-refractivity contribution >= 4 is 6.09 Å². The Morgan fingerprint density at radius 3 is 2.17 bits per heavy atom. The van der Waals surface area contributed by atoms with Gasteiger partial charge in [-0.1, -0.05) is 31.5 Å². The molecule has 1 heterocycles. The molecule has 0 radical (unpaired) electrons. The molecule has 1 aliphatic rings. The van der Waals surface area contributed by atoms with Crippen LogP contribution in [-0.4, -0.2) is 24.1 Å². The summed E-state index contributed by atoms with van der Waals surface area (Å²) < 4.78 is 11.2. The van der Waals surface area contributed by atoms with Crippen LogP contribution in [0.1, 0.15) is 26.2 Å². The van der Waals surface area contributed by atoms with Crippen LogP contribution in [0.2, 0.25) is 0 Å². The Morgan fingerprint density at radius 2 is 1.54 bits per heavy atom. The summed E-state index contributed by atoms with van der Waals surface area (Å²) in [5.41, 5.74) is 0. The average molecular weight is 325 g/mol. The van der Waals surface area contributed by atoms with E-state index in [1.807, 2.05) is 30.3 Å². The van der Waals surface area contributed by atoms with Crippen LogP contribution in [0, 0.1) is 5.92 Å². The van der Waals surface area contributed by atoms with Crippen LogP contribution in [0.15, 0.2) is 54.6 Å². The number of carbonyl (C=O) groups excluding carboxylic acids is 1. The first-order valence-corrected chi connectivity index (χ1v) is 8.54. The van der Waals surface area contributed by atoms with Gasteiger partial charge in [-0.25, -0.2) is 4.79 Å². The lowest BCUT2D eigenvalue weighted by Gasteiger charge is -2.30. The van der Waals surface area contributed by atoms with E-state index in [4.69, 9.17) is 9.47 Å². The zero-order valence-electron chi connectivity index (χ0n) is 14.0. The summed E-state index contributed by atoms with van der Waals surface area (Å²) in [5, 5.41) is 0. The first-order chi connectivity index (χ1) is 11.7. The van der Waals surface area contributed by atoms with Gasteiger partial charge in [0.2, 0.25) is 0 Å². The highest BCUT2D eigenvalue weighted by Gasteiger charge is 2.23. The summed E-state index contributed by atoms with van der Waals surface area (Å²) in [6.45, 7) is 3.77. The van der Waals surface area contributed by atoms with E-state index in [1.165, 1.54) is 6.42 Å². The van der Waals surface area contributed by atoms with Gasteiger partial charge < -0.3 is 14.4 Å². The highest BCUT2D eigenvalue weighted by Crippen LogP contribution is 2.25. The molecule has 1 amide bonds. The summed E-state index contributed by atoms with van der Waals surface area (Å²) in [4.78, 5) is 14.0. The fraction of sp³-hybridized carbons (Fsp3) is 0.350. The van der Waals surface area contributed by atoms with Gasteiger partial charge in [0.15, 0.2) is 0 Å². The molecule has 1 fully saturated rings. The smallest absolute Gasteiger partial charge is 0.415 e. The van der Waals surface area contributed by atoms with Gasteiger partial charge in [-0.05, 0) is 55.2 Å². The highest BCUT2D eigenvalue weighted by molar-refractivity contribution is 5.70. The SMILES string of the molecule is CCC1CCN(C(=O)Oc2ccc(Oc3ccccc3)cc2)CC1. The van der Waals surface area contributed by atoms with E-state index < -0.39 is 0 Å². The molecule has 24 heavy (non-hydrogen) atoms. The number of rotatable bonds is 4. The van der Waals surface area contributed by atoms with Gasteiger partial charge in [-0.3, -0.25) is 0 Å². The molecule has 0 saturated carbocycles. The van der Waals surface area contributed by atoms with Crippen LogP contribution in [0.5, 0.6) is 17.2 Å². The van der Waals surface area contributed by atoms with Gasteiger partial charge in [0.25, 0.3) is 0 Å². The Morgan fingerprint density at radius 1 is 0.958 bits per heavy atom. The molecule has 0 aliphatic carbocycles. The lowest BCUT2D eigenvalue weighted by Crippen LogP contribution is -2.40. The number of para-hydroxylation sites is 1. The standard InChI is InChI=1S/C20H23NO3/c1-2-16-12-14-21(15-13-16)20(22)24-19-10-8-18(9-11-19)23-17-6-4-3-5-7-17/h3-11,16H,2,12-15H2,1H3. The van der Waals surface area contributed by atoms with Crippen molar-refractivity contribution in [2.24, 2.45) is 5.92 Å². The van der Waals surface area contributed by atoms with E-state index >= 15 is 0 Å². The summed E-state index contributed by atoms with van der Waals surface area (Å²) in [6, 6.07) is 16.7. The number of carbonyl (C=O) groups is 1. The van der Waals surface area contributed by atoms with E-state index in [2.05, 4.69) is 6.92 Å².